The molecule has 0 saturated heterocycles. The highest BCUT2D eigenvalue weighted by atomic mass is 19.1. The van der Waals surface area contributed by atoms with Crippen molar-refractivity contribution in [2.45, 2.75) is 31.4 Å². The predicted octanol–water partition coefficient (Wildman–Crippen LogP) is 1.96. The third kappa shape index (κ3) is 2.15. The molecule has 1 aliphatic rings. The average molecular weight is 220 g/mol. The summed E-state index contributed by atoms with van der Waals surface area (Å²) in [5, 5.41) is 8.85. The molecule has 0 radical (unpaired) electrons. The fraction of sp³-hybridized carbons (Fsp3) is 0.417. The second kappa shape index (κ2) is 4.50. The highest BCUT2D eigenvalue weighted by Gasteiger charge is 2.26. The van der Waals surface area contributed by atoms with Gasteiger partial charge >= 0.3 is 0 Å². The van der Waals surface area contributed by atoms with Crippen LogP contribution in [0.5, 0.6) is 5.75 Å². The molecule has 16 heavy (non-hydrogen) atoms. The summed E-state index contributed by atoms with van der Waals surface area (Å²) in [7, 11) is 0. The SMILES string of the molecule is N#Cc1cc(F)ccc1OC1CCCC1N. The van der Waals surface area contributed by atoms with Crippen molar-refractivity contribution >= 4 is 0 Å². The molecular formula is C12H13FN2O. The first-order valence-corrected chi connectivity index (χ1v) is 5.32. The van der Waals surface area contributed by atoms with Crippen LogP contribution < -0.4 is 10.5 Å². The van der Waals surface area contributed by atoms with Crippen LogP contribution in [-0.4, -0.2) is 12.1 Å². The van der Waals surface area contributed by atoms with E-state index in [-0.39, 0.29) is 17.7 Å². The number of benzene rings is 1. The molecule has 0 spiro atoms. The Morgan fingerprint density at radius 2 is 2.25 bits per heavy atom. The van der Waals surface area contributed by atoms with Crippen LogP contribution in [0.4, 0.5) is 4.39 Å². The number of rotatable bonds is 2. The molecule has 1 aliphatic carbocycles. The van der Waals surface area contributed by atoms with E-state index in [2.05, 4.69) is 0 Å². The van der Waals surface area contributed by atoms with Crippen LogP contribution in [0.15, 0.2) is 18.2 Å². The fourth-order valence-electron chi connectivity index (χ4n) is 1.96. The van der Waals surface area contributed by atoms with E-state index in [4.69, 9.17) is 15.7 Å². The number of nitrogens with two attached hydrogens (primary N) is 1. The third-order valence-corrected chi connectivity index (χ3v) is 2.84. The van der Waals surface area contributed by atoms with Crippen LogP contribution in [0.1, 0.15) is 24.8 Å². The van der Waals surface area contributed by atoms with Gasteiger partial charge in [0.15, 0.2) is 0 Å². The quantitative estimate of drug-likeness (QED) is 0.828. The lowest BCUT2D eigenvalue weighted by molar-refractivity contribution is 0.191. The summed E-state index contributed by atoms with van der Waals surface area (Å²) < 4.78 is 18.5. The van der Waals surface area contributed by atoms with E-state index in [1.54, 1.807) is 0 Å². The molecule has 2 N–H and O–H groups in total. The van der Waals surface area contributed by atoms with Crippen LogP contribution in [-0.2, 0) is 0 Å². The van der Waals surface area contributed by atoms with Gasteiger partial charge < -0.3 is 10.5 Å². The molecule has 0 aromatic heterocycles. The van der Waals surface area contributed by atoms with Gasteiger partial charge in [-0.3, -0.25) is 0 Å². The van der Waals surface area contributed by atoms with Gasteiger partial charge in [0.25, 0.3) is 0 Å². The molecular weight excluding hydrogens is 207 g/mol. The summed E-state index contributed by atoms with van der Waals surface area (Å²) >= 11 is 0. The topological polar surface area (TPSA) is 59.0 Å². The summed E-state index contributed by atoms with van der Waals surface area (Å²) in [4.78, 5) is 0. The Morgan fingerprint density at radius 3 is 2.88 bits per heavy atom. The summed E-state index contributed by atoms with van der Waals surface area (Å²) in [5.41, 5.74) is 6.09. The molecule has 2 rings (SSSR count). The molecule has 84 valence electrons. The van der Waals surface area contributed by atoms with Crippen molar-refractivity contribution in [2.24, 2.45) is 5.73 Å². The molecule has 4 heteroatoms. The van der Waals surface area contributed by atoms with Crippen LogP contribution in [0.2, 0.25) is 0 Å². The van der Waals surface area contributed by atoms with Gasteiger partial charge in [-0.15, -0.1) is 0 Å². The zero-order chi connectivity index (χ0) is 11.5. The van der Waals surface area contributed by atoms with Gasteiger partial charge in [0.1, 0.15) is 23.7 Å². The first kappa shape index (κ1) is 10.9. The van der Waals surface area contributed by atoms with E-state index in [0.717, 1.165) is 19.3 Å². The highest BCUT2D eigenvalue weighted by molar-refractivity contribution is 5.43. The van der Waals surface area contributed by atoms with Crippen molar-refractivity contribution < 1.29 is 9.13 Å². The minimum absolute atomic E-state index is 0.0107. The summed E-state index contributed by atoms with van der Waals surface area (Å²) in [6.07, 6.45) is 2.81. The van der Waals surface area contributed by atoms with Crippen LogP contribution in [0.3, 0.4) is 0 Å². The van der Waals surface area contributed by atoms with Crippen molar-refractivity contribution in [1.82, 2.24) is 0 Å². The molecule has 1 aromatic carbocycles. The molecule has 1 aromatic rings. The van der Waals surface area contributed by atoms with Crippen LogP contribution in [0, 0.1) is 17.1 Å². The molecule has 1 saturated carbocycles. The fourth-order valence-corrected chi connectivity index (χ4v) is 1.96. The first-order chi connectivity index (χ1) is 7.70. The van der Waals surface area contributed by atoms with Gasteiger partial charge in [-0.1, -0.05) is 0 Å². The molecule has 0 bridgehead atoms. The van der Waals surface area contributed by atoms with Crippen molar-refractivity contribution in [3.8, 4) is 11.8 Å². The first-order valence-electron chi connectivity index (χ1n) is 5.32. The second-order valence-corrected chi connectivity index (χ2v) is 4.00. The summed E-state index contributed by atoms with van der Waals surface area (Å²) in [6, 6.07) is 5.88. The Balaban J connectivity index is 2.18. The molecule has 3 nitrogen and oxygen atoms in total. The zero-order valence-corrected chi connectivity index (χ0v) is 8.82. The molecule has 2 atom stereocenters. The van der Waals surface area contributed by atoms with E-state index in [9.17, 15) is 4.39 Å². The Hall–Kier alpha value is -1.60. The highest BCUT2D eigenvalue weighted by Crippen LogP contribution is 2.26. The number of nitrogens with zero attached hydrogens (tertiary/aromatic N) is 1. The minimum atomic E-state index is -0.431. The van der Waals surface area contributed by atoms with E-state index < -0.39 is 5.82 Å². The van der Waals surface area contributed by atoms with Gasteiger partial charge in [0.2, 0.25) is 0 Å². The van der Waals surface area contributed by atoms with E-state index in [1.807, 2.05) is 6.07 Å². The monoisotopic (exact) mass is 220 g/mol. The van der Waals surface area contributed by atoms with Crippen LogP contribution >= 0.6 is 0 Å². The van der Waals surface area contributed by atoms with Crippen molar-refractivity contribution in [2.75, 3.05) is 0 Å². The standard InChI is InChI=1S/C12H13FN2O/c13-9-4-5-11(8(6-9)7-14)16-12-3-1-2-10(12)15/h4-6,10,12H,1-3,15H2. The lowest BCUT2D eigenvalue weighted by Gasteiger charge is -2.18. The number of hydrogen-bond donors (Lipinski definition) is 1. The number of hydrogen-bond acceptors (Lipinski definition) is 3. The Labute approximate surface area is 93.6 Å². The summed E-state index contributed by atoms with van der Waals surface area (Å²) in [5.74, 6) is -0.00845. The lowest BCUT2D eigenvalue weighted by Crippen LogP contribution is -2.33. The number of ether oxygens (including phenoxy) is 1. The molecule has 2 unspecified atom stereocenters. The number of halogens is 1. The van der Waals surface area contributed by atoms with Crippen molar-refractivity contribution in [1.29, 1.82) is 5.26 Å². The Kier molecular flexibility index (Phi) is 3.07. The van der Waals surface area contributed by atoms with Crippen molar-refractivity contribution in [3.05, 3.63) is 29.6 Å². The molecule has 1 fully saturated rings. The second-order valence-electron chi connectivity index (χ2n) is 4.00. The lowest BCUT2D eigenvalue weighted by atomic mass is 10.2. The predicted molar refractivity (Wildman–Crippen MR) is 57.4 cm³/mol. The minimum Gasteiger partial charge on any atom is -0.487 e. The van der Waals surface area contributed by atoms with Gasteiger partial charge in [-0.25, -0.2) is 4.39 Å². The smallest absolute Gasteiger partial charge is 0.137 e. The van der Waals surface area contributed by atoms with E-state index >= 15 is 0 Å². The Bertz CT molecular complexity index is 428. The van der Waals surface area contributed by atoms with Crippen molar-refractivity contribution in [3.63, 3.8) is 0 Å². The van der Waals surface area contributed by atoms with Gasteiger partial charge in [-0.2, -0.15) is 5.26 Å². The molecule has 0 aliphatic heterocycles. The molecule has 0 amide bonds. The normalized spacial score (nSPS) is 24.1. The average Bonchev–Trinajstić information content (AvgIpc) is 2.67. The maximum atomic E-state index is 12.9. The largest absolute Gasteiger partial charge is 0.487 e. The maximum Gasteiger partial charge on any atom is 0.137 e. The maximum absolute atomic E-state index is 12.9. The molecule has 0 heterocycles. The third-order valence-electron chi connectivity index (χ3n) is 2.84. The van der Waals surface area contributed by atoms with E-state index in [1.165, 1.54) is 18.2 Å². The summed E-state index contributed by atoms with van der Waals surface area (Å²) in [6.45, 7) is 0. The Morgan fingerprint density at radius 1 is 1.44 bits per heavy atom. The van der Waals surface area contributed by atoms with Gasteiger partial charge in [0.05, 0.1) is 5.56 Å². The van der Waals surface area contributed by atoms with Crippen LogP contribution in [0.25, 0.3) is 0 Å². The van der Waals surface area contributed by atoms with Gasteiger partial charge in [0, 0.05) is 6.04 Å². The zero-order valence-electron chi connectivity index (χ0n) is 8.82. The van der Waals surface area contributed by atoms with E-state index in [0.29, 0.717) is 5.75 Å². The number of nitriles is 1. The van der Waals surface area contributed by atoms with Gasteiger partial charge in [-0.05, 0) is 37.5 Å².